The van der Waals surface area contributed by atoms with Crippen molar-refractivity contribution < 1.29 is 14.3 Å². The minimum Gasteiger partial charge on any atom is -0.493 e. The van der Waals surface area contributed by atoms with E-state index in [0.717, 1.165) is 45.3 Å². The van der Waals surface area contributed by atoms with Crippen LogP contribution in [0.2, 0.25) is 5.02 Å². The number of halogens is 1. The minimum atomic E-state index is -0.301. The van der Waals surface area contributed by atoms with E-state index in [2.05, 4.69) is 46.2 Å². The minimum absolute atomic E-state index is 0.0853. The molecule has 8 heteroatoms. The third kappa shape index (κ3) is 5.65. The van der Waals surface area contributed by atoms with Gasteiger partial charge in [-0.25, -0.2) is 5.43 Å². The fourth-order valence-corrected chi connectivity index (χ4v) is 6.34. The van der Waals surface area contributed by atoms with Crippen LogP contribution >= 0.6 is 23.4 Å². The largest absolute Gasteiger partial charge is 0.493 e. The van der Waals surface area contributed by atoms with E-state index in [-0.39, 0.29) is 23.1 Å². The predicted molar refractivity (Wildman–Crippen MR) is 159 cm³/mol. The number of amides is 1. The Morgan fingerprint density at radius 3 is 2.64 bits per heavy atom. The number of anilines is 1. The summed E-state index contributed by atoms with van der Waals surface area (Å²) in [7, 11) is 3.35. The topological polar surface area (TPSA) is 72.0 Å². The zero-order valence-electron chi connectivity index (χ0n) is 22.4. The molecule has 1 heterocycles. The molecule has 1 aliphatic heterocycles. The maximum atomic E-state index is 12.7. The molecular formula is C31H32ClN3O3S. The van der Waals surface area contributed by atoms with E-state index in [4.69, 9.17) is 21.1 Å². The van der Waals surface area contributed by atoms with E-state index in [1.54, 1.807) is 14.2 Å². The number of hydrogen-bond acceptors (Lipinski definition) is 6. The second-order valence-corrected chi connectivity index (χ2v) is 11.6. The molecule has 0 bridgehead atoms. The van der Waals surface area contributed by atoms with Crippen LogP contribution in [0.1, 0.15) is 48.9 Å². The van der Waals surface area contributed by atoms with Crippen molar-refractivity contribution in [2.75, 3.05) is 19.5 Å². The molecule has 4 atom stereocenters. The summed E-state index contributed by atoms with van der Waals surface area (Å²) >= 11 is 7.43. The Kier molecular flexibility index (Phi) is 8.19. The number of ether oxygens (including phenoxy) is 2. The van der Waals surface area contributed by atoms with Gasteiger partial charge in [-0.15, -0.1) is 11.8 Å². The number of allylic oxidation sites excluding steroid dienone is 2. The third-order valence-electron chi connectivity index (χ3n) is 7.38. The fourth-order valence-electron chi connectivity index (χ4n) is 5.35. The Labute approximate surface area is 238 Å². The molecule has 0 aromatic heterocycles. The average Bonchev–Trinajstić information content (AvgIpc) is 3.46. The van der Waals surface area contributed by atoms with Crippen LogP contribution in [0, 0.1) is 5.92 Å². The number of carbonyl (C=O) groups is 1. The number of carbonyl (C=O) groups excluding carboxylic acids is 1. The Hall–Kier alpha value is -3.42. The van der Waals surface area contributed by atoms with E-state index in [9.17, 15) is 4.79 Å². The summed E-state index contributed by atoms with van der Waals surface area (Å²) in [5, 5.41) is 8.57. The summed E-state index contributed by atoms with van der Waals surface area (Å²) in [6.07, 6.45) is 5.54. The predicted octanol–water partition coefficient (Wildman–Crippen LogP) is 7.20. The zero-order valence-corrected chi connectivity index (χ0v) is 24.0. The summed E-state index contributed by atoms with van der Waals surface area (Å²) < 4.78 is 11.3. The lowest BCUT2D eigenvalue weighted by Gasteiger charge is -2.38. The van der Waals surface area contributed by atoms with E-state index < -0.39 is 0 Å². The maximum absolute atomic E-state index is 12.7. The van der Waals surface area contributed by atoms with Crippen LogP contribution in [0.4, 0.5) is 5.69 Å². The van der Waals surface area contributed by atoms with E-state index in [1.165, 1.54) is 17.3 Å². The molecule has 1 aliphatic carbocycles. The standard InChI is InChI=1S/C31H32ClN3O3S/c1-18(34-35-31(36)19(2)39-22-14-12-21(32)13-15-22)20-11-16-27-26(17-20)23-7-5-8-24(23)29(33-27)25-9-6-10-28(37-3)30(25)38-4/h5-7,9-17,19,23-24,29,33H,8H2,1-4H3,(H,35,36)/b34-18-/t19-,23-,24+,29-/m1/s1. The molecule has 6 nitrogen and oxygen atoms in total. The summed E-state index contributed by atoms with van der Waals surface area (Å²) in [5.41, 5.74) is 7.89. The van der Waals surface area contributed by atoms with Crippen molar-refractivity contribution in [2.24, 2.45) is 11.0 Å². The molecule has 3 aromatic rings. The molecule has 2 N–H and O–H groups in total. The van der Waals surface area contributed by atoms with Gasteiger partial charge in [0, 0.05) is 27.1 Å². The van der Waals surface area contributed by atoms with E-state index in [0.29, 0.717) is 10.9 Å². The van der Waals surface area contributed by atoms with Gasteiger partial charge in [0.2, 0.25) is 0 Å². The van der Waals surface area contributed by atoms with Crippen LogP contribution in [-0.4, -0.2) is 31.1 Å². The molecule has 1 amide bonds. The molecular weight excluding hydrogens is 530 g/mol. The number of thioether (sulfide) groups is 1. The van der Waals surface area contributed by atoms with E-state index >= 15 is 0 Å². The summed E-state index contributed by atoms with van der Waals surface area (Å²) in [4.78, 5) is 13.7. The summed E-state index contributed by atoms with van der Waals surface area (Å²) in [5.74, 6) is 1.96. The molecule has 0 radical (unpaired) electrons. The first kappa shape index (κ1) is 27.2. The van der Waals surface area contributed by atoms with Gasteiger partial charge in [-0.2, -0.15) is 5.10 Å². The van der Waals surface area contributed by atoms with Crippen molar-refractivity contribution in [3.8, 4) is 11.5 Å². The number of hydrazone groups is 1. The van der Waals surface area contributed by atoms with Gasteiger partial charge in [0.1, 0.15) is 0 Å². The monoisotopic (exact) mass is 561 g/mol. The summed E-state index contributed by atoms with van der Waals surface area (Å²) in [6, 6.07) is 19.9. The van der Waals surface area contributed by atoms with Crippen LogP contribution in [0.15, 0.2) is 82.8 Å². The highest BCUT2D eigenvalue weighted by Gasteiger charge is 2.39. The number of rotatable bonds is 8. The van der Waals surface area contributed by atoms with Crippen LogP contribution < -0.4 is 20.2 Å². The van der Waals surface area contributed by atoms with Crippen molar-refractivity contribution >= 4 is 40.7 Å². The second-order valence-electron chi connectivity index (χ2n) is 9.75. The molecule has 3 aromatic carbocycles. The number of nitrogens with zero attached hydrogens (tertiary/aromatic N) is 1. The van der Waals surface area contributed by atoms with Gasteiger partial charge in [-0.3, -0.25) is 4.79 Å². The smallest absolute Gasteiger partial charge is 0.253 e. The SMILES string of the molecule is COc1cccc([C@@H]2Nc3ccc(/C(C)=N\NC(=O)[C@@H](C)Sc4ccc(Cl)cc4)cc3[C@@H]3C=CC[C@@H]32)c1OC. The Balaban J connectivity index is 1.33. The van der Waals surface area contributed by atoms with Crippen LogP contribution in [0.25, 0.3) is 0 Å². The van der Waals surface area contributed by atoms with Gasteiger partial charge < -0.3 is 14.8 Å². The molecule has 0 fully saturated rings. The van der Waals surface area contributed by atoms with Gasteiger partial charge in [0.25, 0.3) is 5.91 Å². The highest BCUT2D eigenvalue weighted by atomic mass is 35.5. The number of benzene rings is 3. The van der Waals surface area contributed by atoms with Crippen molar-refractivity contribution in [2.45, 2.75) is 42.4 Å². The highest BCUT2D eigenvalue weighted by Crippen LogP contribution is 2.52. The second kappa shape index (κ2) is 11.8. The normalized spacial score (nSPS) is 20.4. The van der Waals surface area contributed by atoms with Crippen LogP contribution in [-0.2, 0) is 4.79 Å². The zero-order chi connectivity index (χ0) is 27.5. The number of hydrogen-bond donors (Lipinski definition) is 2. The van der Waals surface area contributed by atoms with Gasteiger partial charge in [-0.1, -0.05) is 42.0 Å². The quantitative estimate of drug-likeness (QED) is 0.132. The van der Waals surface area contributed by atoms with Gasteiger partial charge in [0.05, 0.1) is 31.2 Å². The third-order valence-corrected chi connectivity index (χ3v) is 8.74. The lowest BCUT2D eigenvalue weighted by Crippen LogP contribution is -2.30. The van der Waals surface area contributed by atoms with Gasteiger partial charge in [-0.05, 0) is 79.8 Å². The van der Waals surface area contributed by atoms with Crippen LogP contribution in [0.3, 0.4) is 0 Å². The molecule has 39 heavy (non-hydrogen) atoms. The molecule has 0 unspecified atom stereocenters. The first-order valence-corrected chi connectivity index (χ1v) is 14.2. The van der Waals surface area contributed by atoms with Crippen molar-refractivity contribution in [1.29, 1.82) is 0 Å². The molecule has 0 spiro atoms. The number of fused-ring (bicyclic) bond motifs is 3. The Morgan fingerprint density at radius 1 is 1.10 bits per heavy atom. The Morgan fingerprint density at radius 2 is 1.90 bits per heavy atom. The van der Waals surface area contributed by atoms with Crippen LogP contribution in [0.5, 0.6) is 11.5 Å². The lowest BCUT2D eigenvalue weighted by molar-refractivity contribution is -0.120. The average molecular weight is 562 g/mol. The molecule has 2 aliphatic rings. The molecule has 0 saturated carbocycles. The molecule has 0 saturated heterocycles. The first-order chi connectivity index (χ1) is 18.9. The first-order valence-electron chi connectivity index (χ1n) is 12.9. The van der Waals surface area contributed by atoms with Gasteiger partial charge in [0.15, 0.2) is 11.5 Å². The molecule has 5 rings (SSSR count). The van der Waals surface area contributed by atoms with Crippen molar-refractivity contribution in [3.63, 3.8) is 0 Å². The number of nitrogens with one attached hydrogen (secondary N) is 2. The molecule has 202 valence electrons. The number of methoxy groups -OCH3 is 2. The lowest BCUT2D eigenvalue weighted by atomic mass is 9.76. The highest BCUT2D eigenvalue weighted by molar-refractivity contribution is 8.00. The summed E-state index contributed by atoms with van der Waals surface area (Å²) in [6.45, 7) is 3.78. The van der Waals surface area contributed by atoms with E-state index in [1.807, 2.05) is 56.3 Å². The van der Waals surface area contributed by atoms with Crippen molar-refractivity contribution in [1.82, 2.24) is 5.43 Å². The number of para-hydroxylation sites is 1. The fraction of sp³-hybridized carbons (Fsp3) is 0.290. The Bertz CT molecular complexity index is 1420. The van der Waals surface area contributed by atoms with Gasteiger partial charge >= 0.3 is 0 Å². The van der Waals surface area contributed by atoms with Crippen molar-refractivity contribution in [3.05, 3.63) is 94.5 Å². The maximum Gasteiger partial charge on any atom is 0.253 e.